The number of halogens is 3. The van der Waals surface area contributed by atoms with Crippen LogP contribution in [-0.2, 0) is 12.8 Å². The van der Waals surface area contributed by atoms with Crippen molar-refractivity contribution in [1.82, 2.24) is 4.98 Å². The van der Waals surface area contributed by atoms with Crippen molar-refractivity contribution in [3.05, 3.63) is 94.9 Å². The van der Waals surface area contributed by atoms with E-state index in [1.165, 1.54) is 6.07 Å². The topological polar surface area (TPSA) is 45.9 Å². The molecule has 6 heteroatoms. The van der Waals surface area contributed by atoms with Crippen LogP contribution in [0.5, 0.6) is 5.75 Å². The zero-order valence-electron chi connectivity index (χ0n) is 17.3. The molecule has 4 rings (SSSR count). The number of nitriles is 1. The number of fused-ring (bicyclic) bond motifs is 1. The van der Waals surface area contributed by atoms with Gasteiger partial charge in [0, 0.05) is 10.9 Å². The van der Waals surface area contributed by atoms with Gasteiger partial charge in [-0.2, -0.15) is 5.26 Å². The van der Waals surface area contributed by atoms with Crippen LogP contribution in [0.3, 0.4) is 0 Å². The van der Waals surface area contributed by atoms with Gasteiger partial charge in [-0.15, -0.1) is 0 Å². The molecule has 1 aromatic heterocycles. The standard InChI is InChI=1S/C26H19F3N2O/c1-2-32-20-8-10-25(31-15-20)19-7-9-21-18(13-19)6-5-17(26(21)29)4-3-16-11-23(27)22(14-30)24(28)12-16/h5-13,15H,2-4H2,1H3. The Morgan fingerprint density at radius 1 is 0.938 bits per heavy atom. The molecule has 0 unspecified atom stereocenters. The first kappa shape index (κ1) is 21.4. The van der Waals surface area contributed by atoms with Gasteiger partial charge in [0.05, 0.1) is 18.5 Å². The summed E-state index contributed by atoms with van der Waals surface area (Å²) in [7, 11) is 0. The van der Waals surface area contributed by atoms with Gasteiger partial charge in [0.2, 0.25) is 0 Å². The van der Waals surface area contributed by atoms with Crippen LogP contribution in [0.2, 0.25) is 0 Å². The van der Waals surface area contributed by atoms with Crippen LogP contribution in [0.25, 0.3) is 22.0 Å². The van der Waals surface area contributed by atoms with Crippen LogP contribution in [0.1, 0.15) is 23.6 Å². The molecule has 0 saturated carbocycles. The molecule has 32 heavy (non-hydrogen) atoms. The van der Waals surface area contributed by atoms with Gasteiger partial charge in [-0.1, -0.05) is 24.3 Å². The molecule has 3 nitrogen and oxygen atoms in total. The van der Waals surface area contributed by atoms with Gasteiger partial charge < -0.3 is 4.74 Å². The molecule has 0 aliphatic heterocycles. The van der Waals surface area contributed by atoms with Crippen LogP contribution in [0.15, 0.2) is 60.8 Å². The van der Waals surface area contributed by atoms with Gasteiger partial charge in [0.1, 0.15) is 34.8 Å². The van der Waals surface area contributed by atoms with Crippen LogP contribution in [0, 0.1) is 28.8 Å². The van der Waals surface area contributed by atoms with Crippen LogP contribution >= 0.6 is 0 Å². The number of benzene rings is 3. The second-order valence-electron chi connectivity index (χ2n) is 7.33. The van der Waals surface area contributed by atoms with E-state index in [-0.39, 0.29) is 18.7 Å². The van der Waals surface area contributed by atoms with E-state index in [4.69, 9.17) is 10.00 Å². The second kappa shape index (κ2) is 9.11. The fraction of sp³-hybridized carbons (Fsp3) is 0.154. The van der Waals surface area contributed by atoms with Gasteiger partial charge in [0.15, 0.2) is 0 Å². The number of rotatable bonds is 6. The van der Waals surface area contributed by atoms with Gasteiger partial charge >= 0.3 is 0 Å². The van der Waals surface area contributed by atoms with Crippen LogP contribution in [-0.4, -0.2) is 11.6 Å². The minimum Gasteiger partial charge on any atom is -0.492 e. The Morgan fingerprint density at radius 2 is 1.72 bits per heavy atom. The van der Waals surface area contributed by atoms with Crippen molar-refractivity contribution in [3.63, 3.8) is 0 Å². The molecule has 0 bridgehead atoms. The third-order valence-electron chi connectivity index (χ3n) is 5.27. The van der Waals surface area contributed by atoms with Crippen molar-refractivity contribution in [2.24, 2.45) is 0 Å². The molecule has 0 radical (unpaired) electrons. The van der Waals surface area contributed by atoms with E-state index < -0.39 is 17.2 Å². The molecule has 3 aromatic carbocycles. The highest BCUT2D eigenvalue weighted by atomic mass is 19.1. The van der Waals surface area contributed by atoms with E-state index >= 15 is 4.39 Å². The molecule has 1 heterocycles. The summed E-state index contributed by atoms with van der Waals surface area (Å²) in [5, 5.41) is 9.97. The lowest BCUT2D eigenvalue weighted by Crippen LogP contribution is -1.99. The minimum absolute atomic E-state index is 0.246. The number of aromatic nitrogens is 1. The normalized spacial score (nSPS) is 10.8. The van der Waals surface area contributed by atoms with Crippen molar-refractivity contribution >= 4 is 10.8 Å². The second-order valence-corrected chi connectivity index (χ2v) is 7.33. The van der Waals surface area contributed by atoms with Gasteiger partial charge in [-0.05, 0) is 66.6 Å². The molecule has 0 atom stereocenters. The zero-order valence-corrected chi connectivity index (χ0v) is 17.3. The molecule has 0 N–H and O–H groups in total. The lowest BCUT2D eigenvalue weighted by atomic mass is 9.98. The Hall–Kier alpha value is -3.85. The summed E-state index contributed by atoms with van der Waals surface area (Å²) in [6.45, 7) is 2.47. The monoisotopic (exact) mass is 432 g/mol. The summed E-state index contributed by atoms with van der Waals surface area (Å²) in [5.41, 5.74) is 1.83. The summed E-state index contributed by atoms with van der Waals surface area (Å²) in [5.74, 6) is -1.48. The third kappa shape index (κ3) is 4.28. The Labute approximate surface area is 183 Å². The van der Waals surface area contributed by atoms with Gasteiger partial charge in [-0.3, -0.25) is 4.98 Å². The Bertz CT molecular complexity index is 1300. The molecule has 0 saturated heterocycles. The van der Waals surface area contributed by atoms with E-state index in [0.29, 0.717) is 28.9 Å². The minimum atomic E-state index is -0.906. The predicted molar refractivity (Wildman–Crippen MR) is 117 cm³/mol. The number of pyridine rings is 1. The summed E-state index contributed by atoms with van der Waals surface area (Å²) in [6.07, 6.45) is 2.17. The molecular weight excluding hydrogens is 413 g/mol. The summed E-state index contributed by atoms with van der Waals surface area (Å²) < 4.78 is 48.1. The summed E-state index contributed by atoms with van der Waals surface area (Å²) >= 11 is 0. The number of nitrogens with zero attached hydrogens (tertiary/aromatic N) is 2. The molecule has 0 aliphatic rings. The van der Waals surface area contributed by atoms with Gasteiger partial charge in [0.25, 0.3) is 0 Å². The van der Waals surface area contributed by atoms with Crippen molar-refractivity contribution in [2.45, 2.75) is 19.8 Å². The lowest BCUT2D eigenvalue weighted by Gasteiger charge is -2.10. The Balaban J connectivity index is 1.57. The number of aryl methyl sites for hydroxylation is 2. The summed E-state index contributed by atoms with van der Waals surface area (Å²) in [4.78, 5) is 4.40. The zero-order chi connectivity index (χ0) is 22.7. The molecule has 0 spiro atoms. The number of hydrogen-bond donors (Lipinski definition) is 0. The fourth-order valence-electron chi connectivity index (χ4n) is 3.65. The van der Waals surface area contributed by atoms with E-state index in [1.807, 2.05) is 37.3 Å². The molecular formula is C26H19F3N2O. The third-order valence-corrected chi connectivity index (χ3v) is 5.27. The van der Waals surface area contributed by atoms with E-state index in [0.717, 1.165) is 28.8 Å². The highest BCUT2D eigenvalue weighted by Crippen LogP contribution is 2.28. The molecule has 0 aliphatic carbocycles. The van der Waals surface area contributed by atoms with Crippen LogP contribution < -0.4 is 4.74 Å². The maximum absolute atomic E-state index is 15.1. The van der Waals surface area contributed by atoms with E-state index in [9.17, 15) is 8.78 Å². The molecule has 4 aromatic rings. The van der Waals surface area contributed by atoms with Crippen molar-refractivity contribution in [3.8, 4) is 23.1 Å². The van der Waals surface area contributed by atoms with E-state index in [1.54, 1.807) is 18.3 Å². The summed E-state index contributed by atoms with van der Waals surface area (Å²) in [6, 6.07) is 16.3. The smallest absolute Gasteiger partial charge is 0.144 e. The quantitative estimate of drug-likeness (QED) is 0.355. The van der Waals surface area contributed by atoms with E-state index in [2.05, 4.69) is 4.98 Å². The van der Waals surface area contributed by atoms with Gasteiger partial charge in [-0.25, -0.2) is 13.2 Å². The van der Waals surface area contributed by atoms with Crippen molar-refractivity contribution < 1.29 is 17.9 Å². The maximum atomic E-state index is 15.1. The average molecular weight is 432 g/mol. The maximum Gasteiger partial charge on any atom is 0.144 e. The first-order valence-electron chi connectivity index (χ1n) is 10.2. The molecule has 0 fully saturated rings. The Morgan fingerprint density at radius 3 is 2.38 bits per heavy atom. The average Bonchev–Trinajstić information content (AvgIpc) is 2.79. The molecule has 160 valence electrons. The molecule has 0 amide bonds. The predicted octanol–water partition coefficient (Wildman–Crippen LogP) is 6.37. The first-order valence-corrected chi connectivity index (χ1v) is 10.2. The fourth-order valence-corrected chi connectivity index (χ4v) is 3.65. The number of hydrogen-bond acceptors (Lipinski definition) is 3. The SMILES string of the molecule is CCOc1ccc(-c2ccc3c(F)c(CCc4cc(F)c(C#N)c(F)c4)ccc3c2)nc1. The highest BCUT2D eigenvalue weighted by Gasteiger charge is 2.13. The largest absolute Gasteiger partial charge is 0.492 e. The van der Waals surface area contributed by atoms with Crippen LogP contribution in [0.4, 0.5) is 13.2 Å². The first-order chi connectivity index (χ1) is 15.5. The van der Waals surface area contributed by atoms with Crippen molar-refractivity contribution in [1.29, 1.82) is 5.26 Å². The Kier molecular flexibility index (Phi) is 6.09. The lowest BCUT2D eigenvalue weighted by molar-refractivity contribution is 0.339. The number of ether oxygens (including phenoxy) is 1. The highest BCUT2D eigenvalue weighted by molar-refractivity contribution is 5.88. The van der Waals surface area contributed by atoms with Crippen molar-refractivity contribution in [2.75, 3.05) is 6.61 Å².